The van der Waals surface area contributed by atoms with Gasteiger partial charge in [0.05, 0.1) is 45.0 Å². The fourth-order valence-corrected chi connectivity index (χ4v) is 6.39. The number of methoxy groups -OCH3 is 3. The van der Waals surface area contributed by atoms with Crippen molar-refractivity contribution < 1.29 is 48.1 Å². The van der Waals surface area contributed by atoms with Gasteiger partial charge in [0.1, 0.15) is 11.5 Å². The zero-order valence-electron chi connectivity index (χ0n) is 20.2. The highest BCUT2D eigenvalue weighted by molar-refractivity contribution is 6.17. The quantitative estimate of drug-likeness (QED) is 0.456. The maximum absolute atomic E-state index is 13.4. The van der Waals surface area contributed by atoms with Crippen molar-refractivity contribution in [2.24, 2.45) is 29.6 Å². The number of carbonyl (C=O) groups is 6. The molecule has 4 aliphatic rings. The molecular formula is C25H24N2O10. The predicted octanol–water partition coefficient (Wildman–Crippen LogP) is 1.57. The first-order chi connectivity index (χ1) is 17.7. The van der Waals surface area contributed by atoms with Gasteiger partial charge in [-0.25, -0.2) is 9.59 Å². The van der Waals surface area contributed by atoms with Crippen molar-refractivity contribution in [2.45, 2.75) is 18.8 Å². The monoisotopic (exact) mass is 512 g/mol. The van der Waals surface area contributed by atoms with Crippen LogP contribution in [-0.2, 0) is 28.7 Å². The minimum absolute atomic E-state index is 0.00279. The topological polar surface area (TPSA) is 157 Å². The van der Waals surface area contributed by atoms with Gasteiger partial charge in [-0.15, -0.1) is 0 Å². The normalized spacial score (nSPS) is 30.4. The van der Waals surface area contributed by atoms with Crippen molar-refractivity contribution >= 4 is 35.8 Å². The SMILES string of the molecule is COC(=O)N1C(=O)[C@H]2[C@H](CC=C3[C@H]2C[C@H]2C(=O)N(C(=O)OC)C(=O)[C@H]2[C@H]3c2ccc(OC)cc2O)C1=O. The number of nitrogens with zero attached hydrogens (tertiary/aromatic N) is 2. The number of fused-ring (bicyclic) bond motifs is 4. The van der Waals surface area contributed by atoms with Crippen molar-refractivity contribution in [1.29, 1.82) is 0 Å². The van der Waals surface area contributed by atoms with E-state index in [1.807, 2.05) is 0 Å². The number of phenols is 1. The molecule has 3 fully saturated rings. The number of aromatic hydroxyl groups is 1. The Morgan fingerprint density at radius 2 is 1.43 bits per heavy atom. The fourth-order valence-electron chi connectivity index (χ4n) is 6.39. The molecule has 0 unspecified atom stereocenters. The molecule has 194 valence electrons. The largest absolute Gasteiger partial charge is 0.508 e. The van der Waals surface area contributed by atoms with Gasteiger partial charge < -0.3 is 19.3 Å². The summed E-state index contributed by atoms with van der Waals surface area (Å²) in [7, 11) is 3.54. The third-order valence-corrected chi connectivity index (χ3v) is 7.94. The molecule has 1 saturated carbocycles. The Hall–Kier alpha value is -4.22. The second kappa shape index (κ2) is 8.71. The third kappa shape index (κ3) is 3.35. The van der Waals surface area contributed by atoms with Crippen LogP contribution in [0, 0.1) is 29.6 Å². The van der Waals surface area contributed by atoms with Crippen LogP contribution >= 0.6 is 0 Å². The Morgan fingerprint density at radius 1 is 0.838 bits per heavy atom. The van der Waals surface area contributed by atoms with Crippen LogP contribution in [0.4, 0.5) is 9.59 Å². The number of hydrogen-bond donors (Lipinski definition) is 1. The van der Waals surface area contributed by atoms with Gasteiger partial charge in [0.25, 0.3) is 0 Å². The first-order valence-electron chi connectivity index (χ1n) is 11.6. The maximum Gasteiger partial charge on any atom is 0.423 e. The lowest BCUT2D eigenvalue weighted by atomic mass is 9.57. The summed E-state index contributed by atoms with van der Waals surface area (Å²) in [4.78, 5) is 78.5. The summed E-state index contributed by atoms with van der Waals surface area (Å²) in [6.07, 6.45) is -0.366. The number of carbonyl (C=O) groups excluding carboxylic acids is 6. The first kappa shape index (κ1) is 24.5. The van der Waals surface area contributed by atoms with Crippen LogP contribution in [0.2, 0.25) is 0 Å². The van der Waals surface area contributed by atoms with Crippen molar-refractivity contribution in [1.82, 2.24) is 9.80 Å². The van der Waals surface area contributed by atoms with Crippen LogP contribution in [0.5, 0.6) is 11.5 Å². The number of ether oxygens (including phenoxy) is 3. The van der Waals surface area contributed by atoms with E-state index in [9.17, 15) is 33.9 Å². The predicted molar refractivity (Wildman–Crippen MR) is 121 cm³/mol. The van der Waals surface area contributed by atoms with Crippen molar-refractivity contribution in [3.05, 3.63) is 35.4 Å². The smallest absolute Gasteiger partial charge is 0.423 e. The van der Waals surface area contributed by atoms with Crippen LogP contribution in [0.1, 0.15) is 24.3 Å². The van der Waals surface area contributed by atoms with Crippen molar-refractivity contribution in [3.8, 4) is 11.5 Å². The summed E-state index contributed by atoms with van der Waals surface area (Å²) in [5.41, 5.74) is 0.892. The molecule has 0 bridgehead atoms. The van der Waals surface area contributed by atoms with E-state index in [2.05, 4.69) is 9.47 Å². The number of benzene rings is 1. The van der Waals surface area contributed by atoms with Gasteiger partial charge in [0.15, 0.2) is 0 Å². The Balaban J connectivity index is 1.65. The molecule has 1 N–H and O–H groups in total. The minimum Gasteiger partial charge on any atom is -0.508 e. The highest BCUT2D eigenvalue weighted by Crippen LogP contribution is 2.59. The van der Waals surface area contributed by atoms with E-state index < -0.39 is 71.3 Å². The average Bonchev–Trinajstić information content (AvgIpc) is 3.30. The lowest BCUT2D eigenvalue weighted by molar-refractivity contribution is -0.139. The van der Waals surface area contributed by atoms with Gasteiger partial charge in [-0.05, 0) is 24.8 Å². The fraction of sp³-hybridized carbons (Fsp3) is 0.440. The molecule has 1 aromatic rings. The highest BCUT2D eigenvalue weighted by Gasteiger charge is 2.64. The van der Waals surface area contributed by atoms with Gasteiger partial charge >= 0.3 is 12.2 Å². The summed E-state index contributed by atoms with van der Waals surface area (Å²) >= 11 is 0. The highest BCUT2D eigenvalue weighted by atomic mass is 16.5. The third-order valence-electron chi connectivity index (χ3n) is 7.94. The molecule has 0 radical (unpaired) electrons. The first-order valence-corrected chi connectivity index (χ1v) is 11.6. The number of amides is 6. The van der Waals surface area contributed by atoms with Gasteiger partial charge in [-0.1, -0.05) is 17.7 Å². The van der Waals surface area contributed by atoms with Crippen LogP contribution in [0.25, 0.3) is 0 Å². The number of rotatable bonds is 2. The molecule has 2 aliphatic carbocycles. The summed E-state index contributed by atoms with van der Waals surface area (Å²) < 4.78 is 14.4. The zero-order valence-corrected chi connectivity index (χ0v) is 20.2. The van der Waals surface area contributed by atoms with Crippen LogP contribution in [0.3, 0.4) is 0 Å². The molecule has 0 aromatic heterocycles. The van der Waals surface area contributed by atoms with Crippen LogP contribution in [-0.4, -0.2) is 72.1 Å². The van der Waals surface area contributed by atoms with E-state index in [1.54, 1.807) is 18.2 Å². The standard InChI is InChI=1S/C25H24N2O10/c1-35-10-4-5-12(16(28)8-10)17-11-6-7-13-18(22(31)26(20(13)29)24(33)36-2)14(11)9-15-19(17)23(32)27(21(15)30)25(34)37-3/h4-6,8,13-15,17-19,28H,7,9H2,1-3H3/t13-,14+,15+,17+,18-,19+/m0/s1. The summed E-state index contributed by atoms with van der Waals surface area (Å²) in [5.74, 6) is -8.27. The van der Waals surface area contributed by atoms with Crippen molar-refractivity contribution in [2.75, 3.05) is 21.3 Å². The van der Waals surface area contributed by atoms with Gasteiger partial charge in [-0.2, -0.15) is 9.80 Å². The molecular weight excluding hydrogens is 488 g/mol. The molecule has 12 heteroatoms. The molecule has 6 amide bonds. The second-order valence-electron chi connectivity index (χ2n) is 9.41. The molecule has 1 aromatic carbocycles. The van der Waals surface area contributed by atoms with E-state index in [1.165, 1.54) is 13.2 Å². The van der Waals surface area contributed by atoms with Crippen LogP contribution in [0.15, 0.2) is 29.8 Å². The maximum atomic E-state index is 13.4. The Kier molecular flexibility index (Phi) is 5.76. The van der Waals surface area contributed by atoms with Gasteiger partial charge in [0, 0.05) is 17.5 Å². The summed E-state index contributed by atoms with van der Waals surface area (Å²) in [5, 5.41) is 10.9. The van der Waals surface area contributed by atoms with Gasteiger partial charge in [0.2, 0.25) is 23.6 Å². The van der Waals surface area contributed by atoms with Crippen molar-refractivity contribution in [3.63, 3.8) is 0 Å². The Morgan fingerprint density at radius 3 is 2.00 bits per heavy atom. The molecule has 0 spiro atoms. The molecule has 2 saturated heterocycles. The van der Waals surface area contributed by atoms with Gasteiger partial charge in [-0.3, -0.25) is 19.2 Å². The molecule has 5 rings (SSSR count). The summed E-state index contributed by atoms with van der Waals surface area (Å²) in [6, 6.07) is 4.51. The van der Waals surface area contributed by atoms with E-state index in [-0.39, 0.29) is 18.6 Å². The second-order valence-corrected chi connectivity index (χ2v) is 9.41. The van der Waals surface area contributed by atoms with Crippen LogP contribution < -0.4 is 4.74 Å². The number of likely N-dealkylation sites (tertiary alicyclic amines) is 2. The molecule has 6 atom stereocenters. The Labute approximate surface area is 210 Å². The molecule has 2 aliphatic heterocycles. The van der Waals surface area contributed by atoms with E-state index in [4.69, 9.17) is 4.74 Å². The minimum atomic E-state index is -1.12. The van der Waals surface area contributed by atoms with E-state index in [0.717, 1.165) is 14.2 Å². The average molecular weight is 512 g/mol. The lowest BCUT2D eigenvalue weighted by Crippen LogP contribution is -2.43. The molecule has 2 heterocycles. The summed E-state index contributed by atoms with van der Waals surface area (Å²) in [6.45, 7) is 0. The number of phenolic OH excluding ortho intramolecular Hbond substituents is 1. The molecule has 37 heavy (non-hydrogen) atoms. The number of imide groups is 6. The number of hydrogen-bond acceptors (Lipinski definition) is 10. The van der Waals surface area contributed by atoms with E-state index >= 15 is 0 Å². The Bertz CT molecular complexity index is 1290. The molecule has 12 nitrogen and oxygen atoms in total. The zero-order chi connectivity index (χ0) is 26.8. The lowest BCUT2D eigenvalue weighted by Gasteiger charge is -2.44. The van der Waals surface area contributed by atoms with E-state index in [0.29, 0.717) is 26.7 Å². The number of allylic oxidation sites excluding steroid dienone is 2.